The lowest BCUT2D eigenvalue weighted by molar-refractivity contribution is -0.135. The molecule has 0 bridgehead atoms. The SMILES string of the molecule is CC[CH]C(=O)N1CCOCC1C. The van der Waals surface area contributed by atoms with Crippen LogP contribution in [0.25, 0.3) is 0 Å². The highest BCUT2D eigenvalue weighted by Crippen LogP contribution is 2.08. The van der Waals surface area contributed by atoms with Crippen molar-refractivity contribution < 1.29 is 9.53 Å². The lowest BCUT2D eigenvalue weighted by Crippen LogP contribution is -2.47. The number of hydrogen-bond donors (Lipinski definition) is 0. The summed E-state index contributed by atoms with van der Waals surface area (Å²) in [6.45, 7) is 6.07. The molecule has 1 atom stereocenters. The Morgan fingerprint density at radius 1 is 1.75 bits per heavy atom. The van der Waals surface area contributed by atoms with E-state index in [9.17, 15) is 4.79 Å². The maximum absolute atomic E-state index is 11.4. The van der Waals surface area contributed by atoms with Crippen molar-refractivity contribution in [2.75, 3.05) is 19.8 Å². The second kappa shape index (κ2) is 4.45. The molecule has 1 unspecified atom stereocenters. The fourth-order valence-electron chi connectivity index (χ4n) is 1.35. The van der Waals surface area contributed by atoms with Crippen molar-refractivity contribution in [2.24, 2.45) is 0 Å². The van der Waals surface area contributed by atoms with Gasteiger partial charge in [0.1, 0.15) is 0 Å². The van der Waals surface area contributed by atoms with Crippen LogP contribution >= 0.6 is 0 Å². The van der Waals surface area contributed by atoms with Gasteiger partial charge in [0.2, 0.25) is 5.91 Å². The maximum atomic E-state index is 11.4. The predicted octanol–water partition coefficient (Wildman–Crippen LogP) is 0.848. The largest absolute Gasteiger partial charge is 0.377 e. The maximum Gasteiger partial charge on any atom is 0.226 e. The van der Waals surface area contributed by atoms with E-state index in [1.54, 1.807) is 6.42 Å². The number of carbonyl (C=O) groups excluding carboxylic acids is 1. The molecule has 1 radical (unpaired) electrons. The predicted molar refractivity (Wildman–Crippen MR) is 46.6 cm³/mol. The van der Waals surface area contributed by atoms with Gasteiger partial charge in [-0.25, -0.2) is 0 Å². The minimum Gasteiger partial charge on any atom is -0.377 e. The molecule has 1 aliphatic heterocycles. The molecule has 0 aromatic heterocycles. The van der Waals surface area contributed by atoms with E-state index in [2.05, 4.69) is 0 Å². The van der Waals surface area contributed by atoms with Crippen LogP contribution in [0.15, 0.2) is 0 Å². The van der Waals surface area contributed by atoms with E-state index in [-0.39, 0.29) is 11.9 Å². The Balaban J connectivity index is 2.42. The van der Waals surface area contributed by atoms with Crippen LogP contribution in [0.2, 0.25) is 0 Å². The Kier molecular flexibility index (Phi) is 3.53. The zero-order valence-electron chi connectivity index (χ0n) is 7.75. The Morgan fingerprint density at radius 3 is 3.08 bits per heavy atom. The summed E-state index contributed by atoms with van der Waals surface area (Å²) in [5.41, 5.74) is 0. The fraction of sp³-hybridized carbons (Fsp3) is 0.778. The first-order chi connectivity index (χ1) is 5.75. The monoisotopic (exact) mass is 170 g/mol. The van der Waals surface area contributed by atoms with E-state index in [0.29, 0.717) is 13.2 Å². The van der Waals surface area contributed by atoms with Crippen LogP contribution in [-0.2, 0) is 9.53 Å². The summed E-state index contributed by atoms with van der Waals surface area (Å²) >= 11 is 0. The Morgan fingerprint density at radius 2 is 2.50 bits per heavy atom. The molecule has 3 heteroatoms. The summed E-state index contributed by atoms with van der Waals surface area (Å²) in [7, 11) is 0. The summed E-state index contributed by atoms with van der Waals surface area (Å²) in [5.74, 6) is 0.147. The van der Waals surface area contributed by atoms with Gasteiger partial charge in [-0.1, -0.05) is 6.92 Å². The van der Waals surface area contributed by atoms with Crippen molar-refractivity contribution in [3.63, 3.8) is 0 Å². The van der Waals surface area contributed by atoms with Crippen molar-refractivity contribution in [3.8, 4) is 0 Å². The van der Waals surface area contributed by atoms with Crippen LogP contribution < -0.4 is 0 Å². The summed E-state index contributed by atoms with van der Waals surface area (Å²) in [6, 6.07) is 0.231. The number of nitrogens with zero attached hydrogens (tertiary/aromatic N) is 1. The highest BCUT2D eigenvalue weighted by atomic mass is 16.5. The van der Waals surface area contributed by atoms with Gasteiger partial charge in [-0.15, -0.1) is 0 Å². The number of ether oxygens (including phenoxy) is 1. The van der Waals surface area contributed by atoms with Crippen molar-refractivity contribution in [1.82, 2.24) is 4.90 Å². The van der Waals surface area contributed by atoms with Gasteiger partial charge in [0, 0.05) is 13.0 Å². The van der Waals surface area contributed by atoms with Crippen LogP contribution in [-0.4, -0.2) is 36.6 Å². The van der Waals surface area contributed by atoms with Gasteiger partial charge in [-0.3, -0.25) is 4.79 Å². The van der Waals surface area contributed by atoms with Gasteiger partial charge < -0.3 is 9.64 Å². The summed E-state index contributed by atoms with van der Waals surface area (Å²) in [4.78, 5) is 13.3. The molecule has 0 aromatic rings. The molecule has 1 rings (SSSR count). The lowest BCUT2D eigenvalue weighted by Gasteiger charge is -2.33. The van der Waals surface area contributed by atoms with Gasteiger partial charge in [0.25, 0.3) is 0 Å². The molecule has 1 aliphatic rings. The molecular weight excluding hydrogens is 154 g/mol. The normalized spacial score (nSPS) is 24.2. The molecule has 3 nitrogen and oxygen atoms in total. The molecule has 1 fully saturated rings. The summed E-state index contributed by atoms with van der Waals surface area (Å²) in [6.07, 6.45) is 2.53. The fourth-order valence-corrected chi connectivity index (χ4v) is 1.35. The number of morpholine rings is 1. The van der Waals surface area contributed by atoms with Crippen LogP contribution in [0.4, 0.5) is 0 Å². The van der Waals surface area contributed by atoms with Crippen molar-refractivity contribution in [1.29, 1.82) is 0 Å². The molecule has 0 aromatic carbocycles. The number of rotatable bonds is 2. The highest BCUT2D eigenvalue weighted by Gasteiger charge is 2.22. The van der Waals surface area contributed by atoms with Crippen LogP contribution in [0.3, 0.4) is 0 Å². The van der Waals surface area contributed by atoms with E-state index in [1.165, 1.54) is 0 Å². The number of carbonyl (C=O) groups is 1. The second-order valence-electron chi connectivity index (χ2n) is 3.07. The molecule has 12 heavy (non-hydrogen) atoms. The van der Waals surface area contributed by atoms with Gasteiger partial charge in [0.15, 0.2) is 0 Å². The van der Waals surface area contributed by atoms with Crippen molar-refractivity contribution in [2.45, 2.75) is 26.3 Å². The van der Waals surface area contributed by atoms with Gasteiger partial charge in [-0.2, -0.15) is 0 Å². The molecule has 0 N–H and O–H groups in total. The molecule has 1 heterocycles. The van der Waals surface area contributed by atoms with E-state index >= 15 is 0 Å². The average Bonchev–Trinajstić information content (AvgIpc) is 2.05. The third-order valence-corrected chi connectivity index (χ3v) is 2.03. The first kappa shape index (κ1) is 9.52. The second-order valence-corrected chi connectivity index (χ2v) is 3.07. The topological polar surface area (TPSA) is 29.5 Å². The molecule has 0 aliphatic carbocycles. The standard InChI is InChI=1S/C9H16NO2/c1-3-4-9(11)10-5-6-12-7-8(10)2/h4,8H,3,5-7H2,1-2H3. The summed E-state index contributed by atoms with van der Waals surface area (Å²) in [5, 5.41) is 0. The van der Waals surface area contributed by atoms with E-state index < -0.39 is 0 Å². The van der Waals surface area contributed by atoms with Crippen LogP contribution in [0.1, 0.15) is 20.3 Å². The summed E-state index contributed by atoms with van der Waals surface area (Å²) < 4.78 is 5.23. The Hall–Kier alpha value is -0.570. The first-order valence-electron chi connectivity index (χ1n) is 4.47. The molecule has 1 saturated heterocycles. The smallest absolute Gasteiger partial charge is 0.226 e. The zero-order chi connectivity index (χ0) is 8.97. The third kappa shape index (κ3) is 2.21. The lowest BCUT2D eigenvalue weighted by atomic mass is 10.2. The van der Waals surface area contributed by atoms with E-state index in [4.69, 9.17) is 4.74 Å². The van der Waals surface area contributed by atoms with E-state index in [0.717, 1.165) is 13.0 Å². The first-order valence-corrected chi connectivity index (χ1v) is 4.47. The van der Waals surface area contributed by atoms with Crippen LogP contribution in [0, 0.1) is 6.42 Å². The molecule has 0 saturated carbocycles. The minimum atomic E-state index is 0.147. The molecular formula is C9H16NO2. The highest BCUT2D eigenvalue weighted by molar-refractivity contribution is 5.84. The van der Waals surface area contributed by atoms with Gasteiger partial charge >= 0.3 is 0 Å². The van der Waals surface area contributed by atoms with Crippen molar-refractivity contribution in [3.05, 3.63) is 6.42 Å². The Bertz CT molecular complexity index is 159. The zero-order valence-corrected chi connectivity index (χ0v) is 7.75. The molecule has 69 valence electrons. The quantitative estimate of drug-likeness (QED) is 0.615. The van der Waals surface area contributed by atoms with Gasteiger partial charge in [-0.05, 0) is 13.3 Å². The number of hydrogen-bond acceptors (Lipinski definition) is 2. The van der Waals surface area contributed by atoms with E-state index in [1.807, 2.05) is 18.7 Å². The molecule has 1 amide bonds. The third-order valence-electron chi connectivity index (χ3n) is 2.03. The van der Waals surface area contributed by atoms with Gasteiger partial charge in [0.05, 0.1) is 19.3 Å². The Labute approximate surface area is 73.7 Å². The average molecular weight is 170 g/mol. The number of amides is 1. The van der Waals surface area contributed by atoms with Crippen molar-refractivity contribution >= 4 is 5.91 Å². The van der Waals surface area contributed by atoms with Crippen LogP contribution in [0.5, 0.6) is 0 Å². The molecule has 0 spiro atoms. The minimum absolute atomic E-state index is 0.147.